The van der Waals surface area contributed by atoms with Crippen molar-refractivity contribution in [2.75, 3.05) is 19.8 Å². The molecular weight excluding hydrogens is 372 g/mol. The molecule has 1 aromatic rings. The molecule has 1 fully saturated rings. The summed E-state index contributed by atoms with van der Waals surface area (Å²) in [6.45, 7) is 1.60. The fourth-order valence-corrected chi connectivity index (χ4v) is 4.50. The van der Waals surface area contributed by atoms with Gasteiger partial charge in [-0.15, -0.1) is 11.3 Å². The molecule has 3 nitrogen and oxygen atoms in total. The van der Waals surface area contributed by atoms with E-state index in [-0.39, 0.29) is 18.5 Å². The number of rotatable bonds is 4. The Hall–Kier alpha value is 0.250. The van der Waals surface area contributed by atoms with Crippen molar-refractivity contribution in [3.05, 3.63) is 19.2 Å². The number of carbonyl (C=O) groups is 1. The van der Waals surface area contributed by atoms with E-state index in [0.29, 0.717) is 5.56 Å². The van der Waals surface area contributed by atoms with Crippen LogP contribution in [0.1, 0.15) is 23.2 Å². The molecule has 1 aliphatic heterocycles. The van der Waals surface area contributed by atoms with Crippen LogP contribution < -0.4 is 0 Å². The molecule has 1 aliphatic rings. The van der Waals surface area contributed by atoms with Crippen molar-refractivity contribution in [2.45, 2.75) is 18.9 Å². The second-order valence-electron chi connectivity index (χ2n) is 3.78. The minimum absolute atomic E-state index is 0.0188. The van der Waals surface area contributed by atoms with Gasteiger partial charge in [0, 0.05) is 18.8 Å². The lowest BCUT2D eigenvalue weighted by molar-refractivity contribution is -0.0262. The van der Waals surface area contributed by atoms with Gasteiger partial charge in [-0.1, -0.05) is 0 Å². The fraction of sp³-hybridized carbons (Fsp3) is 0.545. The first-order valence-corrected chi connectivity index (χ1v) is 7.74. The average molecular weight is 384 g/mol. The van der Waals surface area contributed by atoms with Crippen LogP contribution in [-0.2, 0) is 9.47 Å². The van der Waals surface area contributed by atoms with Crippen LogP contribution in [0, 0.1) is 0 Å². The Labute approximate surface area is 121 Å². The first-order chi connectivity index (χ1) is 8.16. The smallest absolute Gasteiger partial charge is 0.190 e. The zero-order valence-electron chi connectivity index (χ0n) is 9.08. The van der Waals surface area contributed by atoms with Crippen molar-refractivity contribution >= 4 is 49.0 Å². The molecule has 0 N–H and O–H groups in total. The van der Waals surface area contributed by atoms with Gasteiger partial charge in [0.1, 0.15) is 6.61 Å². The standard InChI is InChI=1S/C11H12Br2O3S/c12-10-5-8(11(13)17-10)9(14)6-16-7-1-3-15-4-2-7/h5,7H,1-4,6H2. The zero-order valence-corrected chi connectivity index (χ0v) is 13.1. The van der Waals surface area contributed by atoms with Crippen molar-refractivity contribution < 1.29 is 14.3 Å². The molecule has 0 amide bonds. The van der Waals surface area contributed by atoms with E-state index in [0.717, 1.165) is 33.6 Å². The van der Waals surface area contributed by atoms with Crippen molar-refractivity contribution in [3.8, 4) is 0 Å². The lowest BCUT2D eigenvalue weighted by Crippen LogP contribution is -2.25. The van der Waals surface area contributed by atoms with Gasteiger partial charge in [0.2, 0.25) is 0 Å². The first kappa shape index (κ1) is 13.7. The Bertz CT molecular complexity index is 399. The van der Waals surface area contributed by atoms with Crippen molar-refractivity contribution in [1.29, 1.82) is 0 Å². The summed E-state index contributed by atoms with van der Waals surface area (Å²) < 4.78 is 12.6. The predicted octanol–water partition coefficient (Wildman–Crippen LogP) is 3.65. The van der Waals surface area contributed by atoms with Gasteiger partial charge in [-0.25, -0.2) is 0 Å². The van der Waals surface area contributed by atoms with Crippen molar-refractivity contribution in [3.63, 3.8) is 0 Å². The summed E-state index contributed by atoms with van der Waals surface area (Å²) in [5.41, 5.74) is 0.689. The average Bonchev–Trinajstić information content (AvgIpc) is 2.67. The van der Waals surface area contributed by atoms with Gasteiger partial charge < -0.3 is 9.47 Å². The number of carbonyl (C=O) groups excluding carboxylic acids is 1. The topological polar surface area (TPSA) is 35.5 Å². The van der Waals surface area contributed by atoms with E-state index < -0.39 is 0 Å². The summed E-state index contributed by atoms with van der Waals surface area (Å²) >= 11 is 8.23. The minimum Gasteiger partial charge on any atom is -0.381 e. The number of thiophene rings is 1. The SMILES string of the molecule is O=C(COC1CCOCC1)c1cc(Br)sc1Br. The molecule has 0 bridgehead atoms. The third-order valence-corrected chi connectivity index (χ3v) is 4.91. The number of halogens is 2. The van der Waals surface area contributed by atoms with Gasteiger partial charge in [0.15, 0.2) is 5.78 Å². The summed E-state index contributed by atoms with van der Waals surface area (Å²) in [4.78, 5) is 11.9. The molecule has 1 saturated heterocycles. The van der Waals surface area contributed by atoms with Crippen LogP contribution in [0.4, 0.5) is 0 Å². The number of hydrogen-bond acceptors (Lipinski definition) is 4. The predicted molar refractivity (Wildman–Crippen MR) is 73.8 cm³/mol. The van der Waals surface area contributed by atoms with E-state index in [1.54, 1.807) is 0 Å². The Kier molecular flexibility index (Phi) is 5.17. The Morgan fingerprint density at radius 1 is 1.47 bits per heavy atom. The molecule has 0 radical (unpaired) electrons. The maximum Gasteiger partial charge on any atom is 0.190 e. The second kappa shape index (κ2) is 6.43. The van der Waals surface area contributed by atoms with Gasteiger partial charge in [0.25, 0.3) is 0 Å². The maximum absolute atomic E-state index is 11.9. The lowest BCUT2D eigenvalue weighted by atomic mass is 10.1. The largest absolute Gasteiger partial charge is 0.381 e. The lowest BCUT2D eigenvalue weighted by Gasteiger charge is -2.21. The molecular formula is C11H12Br2O3S. The molecule has 2 rings (SSSR count). The molecule has 2 heterocycles. The van der Waals surface area contributed by atoms with E-state index in [1.807, 2.05) is 6.07 Å². The van der Waals surface area contributed by atoms with Crippen LogP contribution in [0.3, 0.4) is 0 Å². The van der Waals surface area contributed by atoms with Crippen LogP contribution in [0.15, 0.2) is 13.6 Å². The highest BCUT2D eigenvalue weighted by Gasteiger charge is 2.18. The highest BCUT2D eigenvalue weighted by atomic mass is 79.9. The molecule has 0 saturated carbocycles. The monoisotopic (exact) mass is 382 g/mol. The molecule has 0 atom stereocenters. The van der Waals surface area contributed by atoms with Gasteiger partial charge in [-0.3, -0.25) is 4.79 Å². The van der Waals surface area contributed by atoms with Crippen molar-refractivity contribution in [1.82, 2.24) is 0 Å². The summed E-state index contributed by atoms with van der Waals surface area (Å²) in [6.07, 6.45) is 1.91. The van der Waals surface area contributed by atoms with E-state index in [1.165, 1.54) is 11.3 Å². The van der Waals surface area contributed by atoms with E-state index in [4.69, 9.17) is 9.47 Å². The summed E-state index contributed by atoms with van der Waals surface area (Å²) in [5.74, 6) is 0.0188. The number of hydrogen-bond donors (Lipinski definition) is 0. The van der Waals surface area contributed by atoms with Gasteiger partial charge in [-0.05, 0) is 50.8 Å². The Morgan fingerprint density at radius 3 is 2.76 bits per heavy atom. The third kappa shape index (κ3) is 3.86. The molecule has 17 heavy (non-hydrogen) atoms. The second-order valence-corrected chi connectivity index (χ2v) is 7.53. The fourth-order valence-electron chi connectivity index (χ4n) is 1.64. The molecule has 0 aromatic carbocycles. The maximum atomic E-state index is 11.9. The molecule has 6 heteroatoms. The van der Waals surface area contributed by atoms with E-state index in [2.05, 4.69) is 31.9 Å². The highest BCUT2D eigenvalue weighted by Crippen LogP contribution is 2.32. The van der Waals surface area contributed by atoms with Crippen LogP contribution in [0.25, 0.3) is 0 Å². The molecule has 0 unspecified atom stereocenters. The minimum atomic E-state index is 0.0188. The molecule has 0 aliphatic carbocycles. The van der Waals surface area contributed by atoms with Gasteiger partial charge in [0.05, 0.1) is 13.7 Å². The molecule has 0 spiro atoms. The molecule has 1 aromatic heterocycles. The van der Waals surface area contributed by atoms with Crippen LogP contribution in [0.2, 0.25) is 0 Å². The number of ketones is 1. The van der Waals surface area contributed by atoms with Gasteiger partial charge in [-0.2, -0.15) is 0 Å². The highest BCUT2D eigenvalue weighted by molar-refractivity contribution is 9.12. The van der Waals surface area contributed by atoms with Crippen LogP contribution in [0.5, 0.6) is 0 Å². The Balaban J connectivity index is 1.86. The first-order valence-electron chi connectivity index (χ1n) is 5.34. The number of ether oxygens (including phenoxy) is 2. The summed E-state index contributed by atoms with van der Waals surface area (Å²) in [5, 5.41) is 0. The zero-order chi connectivity index (χ0) is 12.3. The molecule has 94 valence electrons. The third-order valence-electron chi connectivity index (χ3n) is 2.58. The van der Waals surface area contributed by atoms with Crippen LogP contribution in [-0.4, -0.2) is 31.7 Å². The number of Topliss-reactive ketones (excluding diaryl/α,β-unsaturated/α-hetero) is 1. The van der Waals surface area contributed by atoms with Crippen molar-refractivity contribution in [2.24, 2.45) is 0 Å². The van der Waals surface area contributed by atoms with Crippen LogP contribution >= 0.6 is 43.2 Å². The van der Waals surface area contributed by atoms with E-state index in [9.17, 15) is 4.79 Å². The quantitative estimate of drug-likeness (QED) is 0.744. The van der Waals surface area contributed by atoms with E-state index >= 15 is 0 Å². The summed E-state index contributed by atoms with van der Waals surface area (Å²) in [7, 11) is 0. The Morgan fingerprint density at radius 2 is 2.18 bits per heavy atom. The normalized spacial score (nSPS) is 17.3. The van der Waals surface area contributed by atoms with Gasteiger partial charge >= 0.3 is 0 Å². The summed E-state index contributed by atoms with van der Waals surface area (Å²) in [6, 6.07) is 1.82.